The molecule has 0 unspecified atom stereocenters. The Morgan fingerprint density at radius 3 is 2.38 bits per heavy atom. The molecule has 8 nitrogen and oxygen atoms in total. The Kier molecular flexibility index (Phi) is 8.47. The number of benzene rings is 1. The van der Waals surface area contributed by atoms with Crippen molar-refractivity contribution in [2.45, 2.75) is 83.8 Å². The predicted molar refractivity (Wildman–Crippen MR) is 147 cm³/mol. The van der Waals surface area contributed by atoms with Gasteiger partial charge >= 0.3 is 0 Å². The van der Waals surface area contributed by atoms with E-state index < -0.39 is 0 Å². The molecule has 0 spiro atoms. The summed E-state index contributed by atoms with van der Waals surface area (Å²) in [7, 11) is 1.70. The van der Waals surface area contributed by atoms with Crippen LogP contribution in [0.25, 0.3) is 0 Å². The molecule has 8 heteroatoms. The number of piperidine rings is 1. The summed E-state index contributed by atoms with van der Waals surface area (Å²) in [6.45, 7) is 11.6. The van der Waals surface area contributed by atoms with Crippen molar-refractivity contribution < 1.29 is 9.59 Å². The minimum absolute atomic E-state index is 0.0285. The van der Waals surface area contributed by atoms with Crippen LogP contribution in [0.2, 0.25) is 0 Å². The van der Waals surface area contributed by atoms with Gasteiger partial charge in [-0.05, 0) is 55.7 Å². The lowest BCUT2D eigenvalue weighted by atomic mass is 9.87. The smallest absolute Gasteiger partial charge is 0.272 e. The van der Waals surface area contributed by atoms with E-state index in [0.717, 1.165) is 43.4 Å². The number of nitrogens with one attached hydrogen (secondary N) is 2. The van der Waals surface area contributed by atoms with Crippen molar-refractivity contribution in [3.8, 4) is 0 Å². The standard InChI is InChI=1S/C29H42N6O2/c1-20-26(32-19-33-27(20)31-18-21-8-10-22(11-9-21)29(2,3)4)28(37)34-15-12-23(13-16-34)35-14-6-7-24(35)17-25(36)30-5/h8-11,19,23-24H,6-7,12-18H2,1-5H3,(H,30,36)(H,31,32,33)/t24-/m0/s1. The Morgan fingerprint density at radius 1 is 1.03 bits per heavy atom. The van der Waals surface area contributed by atoms with E-state index in [2.05, 4.69) is 70.5 Å². The lowest BCUT2D eigenvalue weighted by molar-refractivity contribution is -0.121. The Labute approximate surface area is 221 Å². The zero-order chi connectivity index (χ0) is 26.6. The number of likely N-dealkylation sites (tertiary alicyclic amines) is 2. The average molecular weight is 507 g/mol. The first-order valence-corrected chi connectivity index (χ1v) is 13.6. The van der Waals surface area contributed by atoms with E-state index in [4.69, 9.17) is 0 Å². The fourth-order valence-corrected chi connectivity index (χ4v) is 5.58. The van der Waals surface area contributed by atoms with Crippen LogP contribution in [-0.2, 0) is 16.8 Å². The summed E-state index contributed by atoms with van der Waals surface area (Å²) in [5.41, 5.74) is 3.85. The molecule has 2 amide bonds. The highest BCUT2D eigenvalue weighted by Crippen LogP contribution is 2.29. The number of carbonyl (C=O) groups excluding carboxylic acids is 2. The fraction of sp³-hybridized carbons (Fsp3) is 0.586. The third kappa shape index (κ3) is 6.47. The van der Waals surface area contributed by atoms with Crippen molar-refractivity contribution in [3.63, 3.8) is 0 Å². The minimum atomic E-state index is -0.0285. The molecule has 0 aliphatic carbocycles. The largest absolute Gasteiger partial charge is 0.366 e. The number of anilines is 1. The zero-order valence-corrected chi connectivity index (χ0v) is 23.0. The van der Waals surface area contributed by atoms with Crippen LogP contribution in [0, 0.1) is 6.92 Å². The van der Waals surface area contributed by atoms with Gasteiger partial charge in [0.1, 0.15) is 17.8 Å². The highest BCUT2D eigenvalue weighted by atomic mass is 16.2. The Balaban J connectivity index is 1.34. The maximum atomic E-state index is 13.4. The van der Waals surface area contributed by atoms with Gasteiger partial charge in [0.2, 0.25) is 5.91 Å². The molecule has 2 aliphatic rings. The number of nitrogens with zero attached hydrogens (tertiary/aromatic N) is 4. The van der Waals surface area contributed by atoms with Crippen molar-refractivity contribution in [2.24, 2.45) is 0 Å². The molecule has 0 bridgehead atoms. The molecule has 200 valence electrons. The van der Waals surface area contributed by atoms with Crippen LogP contribution < -0.4 is 10.6 Å². The molecular formula is C29H42N6O2. The van der Waals surface area contributed by atoms with Gasteiger partial charge in [-0.25, -0.2) is 9.97 Å². The van der Waals surface area contributed by atoms with Crippen LogP contribution in [0.4, 0.5) is 5.82 Å². The zero-order valence-electron chi connectivity index (χ0n) is 23.0. The highest BCUT2D eigenvalue weighted by molar-refractivity contribution is 5.94. The monoisotopic (exact) mass is 506 g/mol. The molecule has 1 atom stereocenters. The van der Waals surface area contributed by atoms with Crippen LogP contribution in [0.3, 0.4) is 0 Å². The molecule has 1 aromatic heterocycles. The van der Waals surface area contributed by atoms with Gasteiger partial charge in [0.15, 0.2) is 0 Å². The van der Waals surface area contributed by atoms with E-state index in [0.29, 0.717) is 49.7 Å². The van der Waals surface area contributed by atoms with Crippen molar-refractivity contribution in [2.75, 3.05) is 32.0 Å². The third-order valence-corrected chi connectivity index (χ3v) is 7.91. The van der Waals surface area contributed by atoms with Crippen molar-refractivity contribution in [1.82, 2.24) is 25.1 Å². The number of hydrogen-bond donors (Lipinski definition) is 2. The lowest BCUT2D eigenvalue weighted by Gasteiger charge is -2.39. The van der Waals surface area contributed by atoms with E-state index >= 15 is 0 Å². The summed E-state index contributed by atoms with van der Waals surface area (Å²) in [5, 5.41) is 6.15. The second-order valence-corrected chi connectivity index (χ2v) is 11.4. The summed E-state index contributed by atoms with van der Waals surface area (Å²) in [6.07, 6.45) is 6.10. The molecule has 2 saturated heterocycles. The Hall–Kier alpha value is -3.00. The highest BCUT2D eigenvalue weighted by Gasteiger charge is 2.35. The van der Waals surface area contributed by atoms with Crippen LogP contribution in [0.15, 0.2) is 30.6 Å². The molecule has 2 aliphatic heterocycles. The molecule has 2 aromatic rings. The molecule has 0 radical (unpaired) electrons. The van der Waals surface area contributed by atoms with E-state index in [9.17, 15) is 9.59 Å². The maximum Gasteiger partial charge on any atom is 0.272 e. The van der Waals surface area contributed by atoms with Gasteiger partial charge in [0.25, 0.3) is 5.91 Å². The first-order valence-electron chi connectivity index (χ1n) is 13.6. The fourth-order valence-electron chi connectivity index (χ4n) is 5.58. The second-order valence-electron chi connectivity index (χ2n) is 11.4. The van der Waals surface area contributed by atoms with E-state index in [-0.39, 0.29) is 17.2 Å². The third-order valence-electron chi connectivity index (χ3n) is 7.91. The van der Waals surface area contributed by atoms with E-state index in [1.54, 1.807) is 7.05 Å². The summed E-state index contributed by atoms with van der Waals surface area (Å²) < 4.78 is 0. The summed E-state index contributed by atoms with van der Waals surface area (Å²) >= 11 is 0. The second kappa shape index (κ2) is 11.6. The topological polar surface area (TPSA) is 90.5 Å². The molecule has 2 fully saturated rings. The summed E-state index contributed by atoms with van der Waals surface area (Å²) in [6, 6.07) is 9.36. The van der Waals surface area contributed by atoms with Gasteiger partial charge < -0.3 is 15.5 Å². The molecule has 1 aromatic carbocycles. The quantitative estimate of drug-likeness (QED) is 0.592. The predicted octanol–water partition coefficient (Wildman–Crippen LogP) is 3.90. The molecule has 4 rings (SSSR count). The molecule has 0 saturated carbocycles. The molecular weight excluding hydrogens is 464 g/mol. The van der Waals surface area contributed by atoms with Crippen LogP contribution in [0.5, 0.6) is 0 Å². The van der Waals surface area contributed by atoms with Gasteiger partial charge in [0.05, 0.1) is 0 Å². The van der Waals surface area contributed by atoms with Gasteiger partial charge in [0, 0.05) is 50.7 Å². The normalized spacial score (nSPS) is 19.2. The number of rotatable bonds is 7. The maximum absolute atomic E-state index is 13.4. The first-order chi connectivity index (χ1) is 17.7. The number of hydrogen-bond acceptors (Lipinski definition) is 6. The SMILES string of the molecule is CNC(=O)C[C@@H]1CCCN1C1CCN(C(=O)c2ncnc(NCc3ccc(C(C)(C)C)cc3)c2C)CC1. The summed E-state index contributed by atoms with van der Waals surface area (Å²) in [4.78, 5) is 38.5. The van der Waals surface area contributed by atoms with Crippen molar-refractivity contribution in [3.05, 3.63) is 53.0 Å². The average Bonchev–Trinajstić information content (AvgIpc) is 3.35. The van der Waals surface area contributed by atoms with Crippen LogP contribution in [-0.4, -0.2) is 70.3 Å². The molecule has 37 heavy (non-hydrogen) atoms. The Morgan fingerprint density at radius 2 is 1.73 bits per heavy atom. The lowest BCUT2D eigenvalue weighted by Crippen LogP contribution is -2.49. The van der Waals surface area contributed by atoms with Gasteiger partial charge in [-0.1, -0.05) is 45.0 Å². The molecule has 3 heterocycles. The Bertz CT molecular complexity index is 1090. The van der Waals surface area contributed by atoms with E-state index in [1.807, 2.05) is 11.8 Å². The van der Waals surface area contributed by atoms with Crippen molar-refractivity contribution in [1.29, 1.82) is 0 Å². The van der Waals surface area contributed by atoms with Gasteiger partial charge in [-0.2, -0.15) is 0 Å². The van der Waals surface area contributed by atoms with Crippen LogP contribution in [0.1, 0.15) is 80.1 Å². The first kappa shape index (κ1) is 27.0. The van der Waals surface area contributed by atoms with E-state index in [1.165, 1.54) is 11.9 Å². The number of aromatic nitrogens is 2. The van der Waals surface area contributed by atoms with Crippen molar-refractivity contribution >= 4 is 17.6 Å². The van der Waals surface area contributed by atoms with Gasteiger partial charge in [-0.3, -0.25) is 14.5 Å². The van der Waals surface area contributed by atoms with Gasteiger partial charge in [-0.15, -0.1) is 0 Å². The minimum Gasteiger partial charge on any atom is -0.366 e. The summed E-state index contributed by atoms with van der Waals surface area (Å²) in [5.74, 6) is 0.775. The van der Waals surface area contributed by atoms with Crippen LogP contribution >= 0.6 is 0 Å². The molecule has 2 N–H and O–H groups in total. The number of carbonyl (C=O) groups is 2. The number of amides is 2.